The summed E-state index contributed by atoms with van der Waals surface area (Å²) in [5.74, 6) is 0.901. The zero-order chi connectivity index (χ0) is 16.8. The van der Waals surface area contributed by atoms with Crippen LogP contribution in [0.4, 0.5) is 0 Å². The summed E-state index contributed by atoms with van der Waals surface area (Å²) in [6.45, 7) is 6.49. The summed E-state index contributed by atoms with van der Waals surface area (Å²) in [4.78, 5) is 24.0. The highest BCUT2D eigenvalue weighted by molar-refractivity contribution is 14.0. The van der Waals surface area contributed by atoms with Gasteiger partial charge in [0.25, 0.3) is 0 Å². The van der Waals surface area contributed by atoms with E-state index >= 15 is 0 Å². The molecule has 0 radical (unpaired) electrons. The van der Waals surface area contributed by atoms with E-state index in [0.717, 1.165) is 36.9 Å². The third-order valence-electron chi connectivity index (χ3n) is 4.20. The molecule has 1 aromatic rings. The molecule has 0 aliphatic carbocycles. The number of nitrogens with zero attached hydrogens (tertiary/aromatic N) is 3. The predicted octanol–water partition coefficient (Wildman–Crippen LogP) is 2.18. The molecule has 1 aliphatic heterocycles. The van der Waals surface area contributed by atoms with Crippen LogP contribution < -0.4 is 5.32 Å². The van der Waals surface area contributed by atoms with Crippen molar-refractivity contribution in [2.45, 2.75) is 26.7 Å². The summed E-state index contributed by atoms with van der Waals surface area (Å²) in [5, 5.41) is 4.52. The predicted molar refractivity (Wildman–Crippen MR) is 108 cm³/mol. The lowest BCUT2D eigenvalue weighted by Gasteiger charge is -2.21. The minimum absolute atomic E-state index is 0. The quantitative estimate of drug-likeness (QED) is 0.312. The molecule has 2 atom stereocenters. The molecule has 0 aromatic carbocycles. The molecule has 0 bridgehead atoms. The Kier molecular flexibility index (Phi) is 8.96. The van der Waals surface area contributed by atoms with Gasteiger partial charge < -0.3 is 15.0 Å². The molecule has 0 saturated carbocycles. The van der Waals surface area contributed by atoms with E-state index in [1.54, 1.807) is 18.4 Å². The number of carbonyl (C=O) groups is 1. The maximum Gasteiger partial charge on any atom is 0.310 e. The van der Waals surface area contributed by atoms with Crippen molar-refractivity contribution in [2.24, 2.45) is 16.8 Å². The first-order chi connectivity index (χ1) is 11.1. The van der Waals surface area contributed by atoms with Crippen LogP contribution in [0.25, 0.3) is 0 Å². The van der Waals surface area contributed by atoms with E-state index < -0.39 is 0 Å². The highest BCUT2D eigenvalue weighted by Crippen LogP contribution is 2.24. The van der Waals surface area contributed by atoms with E-state index in [9.17, 15) is 4.79 Å². The van der Waals surface area contributed by atoms with Crippen molar-refractivity contribution in [3.63, 3.8) is 0 Å². The number of nitrogens with one attached hydrogen (secondary N) is 1. The van der Waals surface area contributed by atoms with Crippen LogP contribution in [-0.2, 0) is 22.4 Å². The van der Waals surface area contributed by atoms with E-state index in [1.165, 1.54) is 12.0 Å². The molecule has 2 unspecified atom stereocenters. The van der Waals surface area contributed by atoms with Gasteiger partial charge in [0.1, 0.15) is 0 Å². The van der Waals surface area contributed by atoms with Crippen molar-refractivity contribution in [2.75, 3.05) is 33.8 Å². The molecule has 1 N–H and O–H groups in total. The lowest BCUT2D eigenvalue weighted by atomic mass is 9.99. The first kappa shape index (κ1) is 21.1. The number of carbonyl (C=O) groups excluding carboxylic acids is 1. The Balaban J connectivity index is 0.00000288. The monoisotopic (exact) mass is 466 g/mol. The van der Waals surface area contributed by atoms with E-state index in [4.69, 9.17) is 4.74 Å². The molecule has 24 heavy (non-hydrogen) atoms. The van der Waals surface area contributed by atoms with Gasteiger partial charge in [-0.3, -0.25) is 9.79 Å². The molecule has 0 spiro atoms. The van der Waals surface area contributed by atoms with Crippen molar-refractivity contribution < 1.29 is 9.53 Å². The summed E-state index contributed by atoms with van der Waals surface area (Å²) in [6, 6.07) is 0. The Bertz CT molecular complexity index is 564. The molecular weight excluding hydrogens is 439 g/mol. The minimum atomic E-state index is -0.134. The number of ether oxygens (including phenoxy) is 1. The standard InChI is InChI=1S/C16H26N4O2S.HI/c1-5-12-8-19-14(23-12)6-7-18-16(17-3)20-9-11(2)13(10-20)15(21)22-4;/h8,11,13H,5-7,9-10H2,1-4H3,(H,17,18);1H. The van der Waals surface area contributed by atoms with Crippen LogP contribution in [0.5, 0.6) is 0 Å². The lowest BCUT2D eigenvalue weighted by Crippen LogP contribution is -2.41. The largest absolute Gasteiger partial charge is 0.469 e. The van der Waals surface area contributed by atoms with E-state index in [0.29, 0.717) is 6.54 Å². The van der Waals surface area contributed by atoms with Crippen LogP contribution in [0, 0.1) is 11.8 Å². The number of aromatic nitrogens is 1. The van der Waals surface area contributed by atoms with Crippen molar-refractivity contribution in [3.05, 3.63) is 16.1 Å². The minimum Gasteiger partial charge on any atom is -0.469 e. The topological polar surface area (TPSA) is 66.8 Å². The van der Waals surface area contributed by atoms with Crippen LogP contribution in [-0.4, -0.2) is 55.6 Å². The smallest absolute Gasteiger partial charge is 0.310 e. The van der Waals surface area contributed by atoms with Gasteiger partial charge in [0.15, 0.2) is 5.96 Å². The summed E-state index contributed by atoms with van der Waals surface area (Å²) in [6.07, 6.45) is 3.87. The summed E-state index contributed by atoms with van der Waals surface area (Å²) < 4.78 is 4.89. The van der Waals surface area contributed by atoms with Crippen LogP contribution in [0.3, 0.4) is 0 Å². The zero-order valence-electron chi connectivity index (χ0n) is 14.7. The number of guanidine groups is 1. The average Bonchev–Trinajstić information content (AvgIpc) is 3.17. The van der Waals surface area contributed by atoms with E-state index in [1.807, 2.05) is 6.20 Å². The zero-order valence-corrected chi connectivity index (χ0v) is 17.9. The number of esters is 1. The average molecular weight is 466 g/mol. The number of halogens is 1. The third-order valence-corrected chi connectivity index (χ3v) is 5.40. The number of thiazole rings is 1. The molecule has 1 aliphatic rings. The van der Waals surface area contributed by atoms with Gasteiger partial charge in [-0.25, -0.2) is 4.98 Å². The van der Waals surface area contributed by atoms with Gasteiger partial charge in [0, 0.05) is 44.2 Å². The van der Waals surface area contributed by atoms with E-state index in [2.05, 4.69) is 34.0 Å². The van der Waals surface area contributed by atoms with Gasteiger partial charge in [0.05, 0.1) is 18.0 Å². The number of rotatable bonds is 5. The molecule has 1 saturated heterocycles. The van der Waals surface area contributed by atoms with Crippen molar-refractivity contribution in [3.8, 4) is 0 Å². The Labute approximate surface area is 165 Å². The number of hydrogen-bond donors (Lipinski definition) is 1. The first-order valence-corrected chi connectivity index (χ1v) is 8.87. The van der Waals surface area contributed by atoms with Crippen molar-refractivity contribution in [1.82, 2.24) is 15.2 Å². The van der Waals surface area contributed by atoms with Gasteiger partial charge >= 0.3 is 5.97 Å². The second kappa shape index (κ2) is 10.2. The number of aliphatic imine (C=N–C) groups is 1. The molecule has 0 amide bonds. The highest BCUT2D eigenvalue weighted by atomic mass is 127. The summed E-state index contributed by atoms with van der Waals surface area (Å²) in [5.41, 5.74) is 0. The summed E-state index contributed by atoms with van der Waals surface area (Å²) in [7, 11) is 3.22. The number of likely N-dealkylation sites (tertiary alicyclic amines) is 1. The molecular formula is C16H27IN4O2S. The highest BCUT2D eigenvalue weighted by Gasteiger charge is 2.36. The second-order valence-electron chi connectivity index (χ2n) is 5.81. The molecule has 6 nitrogen and oxygen atoms in total. The fraction of sp³-hybridized carbons (Fsp3) is 0.688. The normalized spacial score (nSPS) is 20.7. The van der Waals surface area contributed by atoms with Crippen LogP contribution >= 0.6 is 35.3 Å². The van der Waals surface area contributed by atoms with Crippen molar-refractivity contribution >= 4 is 47.2 Å². The van der Waals surface area contributed by atoms with Gasteiger partial charge in [0.2, 0.25) is 0 Å². The van der Waals surface area contributed by atoms with E-state index in [-0.39, 0.29) is 41.8 Å². The summed E-state index contributed by atoms with van der Waals surface area (Å²) >= 11 is 1.77. The number of hydrogen-bond acceptors (Lipinski definition) is 5. The van der Waals surface area contributed by atoms with Crippen LogP contribution in [0.15, 0.2) is 11.2 Å². The lowest BCUT2D eigenvalue weighted by molar-refractivity contribution is -0.145. The fourth-order valence-electron chi connectivity index (χ4n) is 2.84. The Hall–Kier alpha value is -0.900. The Morgan fingerprint density at radius 2 is 2.29 bits per heavy atom. The van der Waals surface area contributed by atoms with Crippen LogP contribution in [0.1, 0.15) is 23.7 Å². The molecule has 2 heterocycles. The van der Waals surface area contributed by atoms with Gasteiger partial charge in [-0.15, -0.1) is 35.3 Å². The molecule has 1 aromatic heterocycles. The molecule has 2 rings (SSSR count). The first-order valence-electron chi connectivity index (χ1n) is 8.06. The third kappa shape index (κ3) is 5.30. The van der Waals surface area contributed by atoms with Gasteiger partial charge in [-0.1, -0.05) is 13.8 Å². The SMILES string of the molecule is CCc1cnc(CCNC(=NC)N2CC(C)C(C(=O)OC)C2)s1.I. The number of aryl methyl sites for hydroxylation is 1. The number of methoxy groups -OCH3 is 1. The molecule has 8 heteroatoms. The fourth-order valence-corrected chi connectivity index (χ4v) is 3.70. The maximum atomic E-state index is 11.8. The van der Waals surface area contributed by atoms with Crippen molar-refractivity contribution in [1.29, 1.82) is 0 Å². The molecule has 1 fully saturated rings. The Morgan fingerprint density at radius 3 is 2.88 bits per heavy atom. The second-order valence-corrected chi connectivity index (χ2v) is 7.01. The van der Waals surface area contributed by atoms with Gasteiger partial charge in [-0.05, 0) is 12.3 Å². The van der Waals surface area contributed by atoms with Crippen LogP contribution in [0.2, 0.25) is 0 Å². The van der Waals surface area contributed by atoms with Gasteiger partial charge in [-0.2, -0.15) is 0 Å². The maximum absolute atomic E-state index is 11.8. The molecule has 136 valence electrons. The Morgan fingerprint density at radius 1 is 1.54 bits per heavy atom.